The highest BCUT2D eigenvalue weighted by molar-refractivity contribution is 5.71. The molecule has 0 rings (SSSR count). The van der Waals surface area contributed by atoms with E-state index in [1.807, 2.05) is 0 Å². The lowest BCUT2D eigenvalue weighted by Gasteiger charge is -2.18. The van der Waals surface area contributed by atoms with Gasteiger partial charge < -0.3 is 14.2 Å². The molecule has 0 fully saturated rings. The highest BCUT2D eigenvalue weighted by Gasteiger charge is 2.20. The zero-order valence-electron chi connectivity index (χ0n) is 56.2. The van der Waals surface area contributed by atoms with Crippen LogP contribution in [-0.2, 0) is 28.6 Å². The molecule has 0 aromatic heterocycles. The van der Waals surface area contributed by atoms with Gasteiger partial charge in [-0.2, -0.15) is 0 Å². The summed E-state index contributed by atoms with van der Waals surface area (Å²) in [5.41, 5.74) is 0. The zero-order chi connectivity index (χ0) is 59.9. The van der Waals surface area contributed by atoms with Crippen molar-refractivity contribution >= 4 is 17.9 Å². The van der Waals surface area contributed by atoms with Crippen molar-refractivity contribution in [2.75, 3.05) is 13.2 Å². The quantitative estimate of drug-likeness (QED) is 0.0261. The van der Waals surface area contributed by atoms with Crippen LogP contribution >= 0.6 is 0 Å². The lowest BCUT2D eigenvalue weighted by molar-refractivity contribution is -0.167. The molecule has 0 bridgehead atoms. The van der Waals surface area contributed by atoms with E-state index in [-0.39, 0.29) is 31.1 Å². The summed E-state index contributed by atoms with van der Waals surface area (Å²) in [7, 11) is 0. The molecule has 0 aromatic rings. The van der Waals surface area contributed by atoms with Gasteiger partial charge in [0, 0.05) is 19.3 Å². The molecule has 1 unspecified atom stereocenters. The van der Waals surface area contributed by atoms with Crippen molar-refractivity contribution in [2.45, 2.75) is 425 Å². The summed E-state index contributed by atoms with van der Waals surface area (Å²) in [6.45, 7) is 6.64. The van der Waals surface area contributed by atoms with E-state index in [4.69, 9.17) is 14.2 Å². The van der Waals surface area contributed by atoms with Crippen LogP contribution in [0.2, 0.25) is 0 Å². The Balaban J connectivity index is 4.02. The van der Waals surface area contributed by atoms with Crippen molar-refractivity contribution < 1.29 is 28.6 Å². The summed E-state index contributed by atoms with van der Waals surface area (Å²) in [6, 6.07) is 0. The molecule has 0 saturated heterocycles. The lowest BCUT2D eigenvalue weighted by Crippen LogP contribution is -2.30. The maximum Gasteiger partial charge on any atom is 0.306 e. The molecule has 6 nitrogen and oxygen atoms in total. The van der Waals surface area contributed by atoms with E-state index in [2.05, 4.69) is 57.2 Å². The van der Waals surface area contributed by atoms with Crippen LogP contribution in [0.5, 0.6) is 0 Å². The summed E-state index contributed by atoms with van der Waals surface area (Å²) in [6.07, 6.45) is 90.7. The minimum atomic E-state index is -0.771. The fourth-order valence-electron chi connectivity index (χ4n) is 11.5. The number of rotatable bonds is 70. The Hall–Kier alpha value is -2.37. The van der Waals surface area contributed by atoms with Gasteiger partial charge in [0.2, 0.25) is 0 Å². The molecule has 1 atom stereocenters. The van der Waals surface area contributed by atoms with E-state index < -0.39 is 6.10 Å². The van der Waals surface area contributed by atoms with Gasteiger partial charge in [-0.15, -0.1) is 0 Å². The standard InChI is InChI=1S/C77H144O6/c1-4-7-10-13-16-19-22-24-26-28-30-32-33-34-35-36-37-38-39-40-41-42-43-44-45-46-48-49-51-53-55-58-61-64-67-70-76(79)82-73-74(72-81-75(78)69-66-63-60-57-21-18-15-12-9-6-3)83-77(80)71-68-65-62-59-56-54-52-50-47-31-29-27-25-23-20-17-14-11-8-5-2/h12,15,22,24,28,30,74H,4-11,13-14,16-21,23,25-27,29,31-73H2,1-3H3/b15-12-,24-22-,30-28-. The lowest BCUT2D eigenvalue weighted by atomic mass is 10.0. The first-order chi connectivity index (χ1) is 41.0. The summed E-state index contributed by atoms with van der Waals surface area (Å²) in [5.74, 6) is -0.849. The first kappa shape index (κ1) is 80.6. The molecule has 0 amide bonds. The van der Waals surface area contributed by atoms with Crippen LogP contribution in [0.25, 0.3) is 0 Å². The third-order valence-corrected chi connectivity index (χ3v) is 17.1. The van der Waals surface area contributed by atoms with Gasteiger partial charge >= 0.3 is 17.9 Å². The Morgan fingerprint density at radius 2 is 0.458 bits per heavy atom. The molecule has 83 heavy (non-hydrogen) atoms. The summed E-state index contributed by atoms with van der Waals surface area (Å²) >= 11 is 0. The first-order valence-corrected chi connectivity index (χ1v) is 37.5. The third kappa shape index (κ3) is 70.3. The maximum atomic E-state index is 12.9. The molecule has 488 valence electrons. The number of esters is 3. The van der Waals surface area contributed by atoms with Crippen molar-refractivity contribution in [1.29, 1.82) is 0 Å². The van der Waals surface area contributed by atoms with Crippen LogP contribution in [0.3, 0.4) is 0 Å². The Labute approximate surface area is 518 Å². The summed E-state index contributed by atoms with van der Waals surface area (Å²) in [5, 5.41) is 0. The second-order valence-corrected chi connectivity index (χ2v) is 25.6. The van der Waals surface area contributed by atoms with Gasteiger partial charge in [-0.25, -0.2) is 0 Å². The number of ether oxygens (including phenoxy) is 3. The second-order valence-electron chi connectivity index (χ2n) is 25.6. The number of hydrogen-bond acceptors (Lipinski definition) is 6. The van der Waals surface area contributed by atoms with Crippen LogP contribution in [0.15, 0.2) is 36.5 Å². The summed E-state index contributed by atoms with van der Waals surface area (Å²) in [4.78, 5) is 38.3. The molecule has 0 aliphatic carbocycles. The highest BCUT2D eigenvalue weighted by Crippen LogP contribution is 2.19. The first-order valence-electron chi connectivity index (χ1n) is 37.5. The smallest absolute Gasteiger partial charge is 0.306 e. The number of allylic oxidation sites excluding steroid dienone is 6. The molecule has 6 heteroatoms. The monoisotopic (exact) mass is 1170 g/mol. The number of carbonyl (C=O) groups excluding carboxylic acids is 3. The molecule has 0 radical (unpaired) electrons. The van der Waals surface area contributed by atoms with Crippen molar-refractivity contribution in [3.05, 3.63) is 36.5 Å². The number of carbonyl (C=O) groups is 3. The molecule has 0 aliphatic heterocycles. The van der Waals surface area contributed by atoms with Crippen LogP contribution in [0.1, 0.15) is 419 Å². The Morgan fingerprint density at radius 1 is 0.241 bits per heavy atom. The Morgan fingerprint density at radius 3 is 0.723 bits per heavy atom. The highest BCUT2D eigenvalue weighted by atomic mass is 16.6. The predicted molar refractivity (Wildman–Crippen MR) is 362 cm³/mol. The van der Waals surface area contributed by atoms with Crippen molar-refractivity contribution in [3.8, 4) is 0 Å². The normalized spacial score (nSPS) is 12.2. The van der Waals surface area contributed by atoms with Gasteiger partial charge in [-0.1, -0.05) is 365 Å². The van der Waals surface area contributed by atoms with Crippen LogP contribution in [0.4, 0.5) is 0 Å². The SMILES string of the molecule is CCC/C=C\CCCCCCCC(=O)OCC(COC(=O)CCCCCCCCCCCCCCCCCCCCCCCCC/C=C\C/C=C\CCCCCCC)OC(=O)CCCCCCCCCCCCCCCCCCCCCC. The van der Waals surface area contributed by atoms with Gasteiger partial charge in [0.05, 0.1) is 0 Å². The van der Waals surface area contributed by atoms with E-state index in [9.17, 15) is 14.4 Å². The second kappa shape index (κ2) is 72.1. The average molecular weight is 1170 g/mol. The largest absolute Gasteiger partial charge is 0.462 e. The van der Waals surface area contributed by atoms with E-state index in [0.717, 1.165) is 77.0 Å². The van der Waals surface area contributed by atoms with Gasteiger partial charge in [-0.05, 0) is 70.6 Å². The van der Waals surface area contributed by atoms with E-state index in [1.165, 1.54) is 302 Å². The molecule has 0 spiro atoms. The molecule has 0 heterocycles. The molecule has 0 aromatic carbocycles. The topological polar surface area (TPSA) is 78.9 Å². The van der Waals surface area contributed by atoms with Gasteiger partial charge in [0.15, 0.2) is 6.10 Å². The minimum Gasteiger partial charge on any atom is -0.462 e. The van der Waals surface area contributed by atoms with E-state index in [0.29, 0.717) is 19.3 Å². The summed E-state index contributed by atoms with van der Waals surface area (Å²) < 4.78 is 17.0. The Kier molecular flexibility index (Phi) is 70.0. The van der Waals surface area contributed by atoms with Crippen molar-refractivity contribution in [1.82, 2.24) is 0 Å². The molecule has 0 N–H and O–H groups in total. The number of unbranched alkanes of at least 4 members (excludes halogenated alkanes) is 53. The average Bonchev–Trinajstić information content (AvgIpc) is 3.49. The van der Waals surface area contributed by atoms with E-state index >= 15 is 0 Å². The fourth-order valence-corrected chi connectivity index (χ4v) is 11.5. The minimum absolute atomic E-state index is 0.0681. The van der Waals surface area contributed by atoms with Gasteiger partial charge in [-0.3, -0.25) is 14.4 Å². The van der Waals surface area contributed by atoms with Crippen LogP contribution in [0, 0.1) is 0 Å². The van der Waals surface area contributed by atoms with Crippen molar-refractivity contribution in [3.63, 3.8) is 0 Å². The third-order valence-electron chi connectivity index (χ3n) is 17.1. The van der Waals surface area contributed by atoms with Crippen LogP contribution in [-0.4, -0.2) is 37.2 Å². The predicted octanol–water partition coefficient (Wildman–Crippen LogP) is 25.9. The van der Waals surface area contributed by atoms with Gasteiger partial charge in [0.1, 0.15) is 13.2 Å². The van der Waals surface area contributed by atoms with Gasteiger partial charge in [0.25, 0.3) is 0 Å². The maximum absolute atomic E-state index is 12.9. The van der Waals surface area contributed by atoms with E-state index in [1.54, 1.807) is 0 Å². The molecule has 0 saturated carbocycles. The Bertz CT molecular complexity index is 1380. The van der Waals surface area contributed by atoms with Crippen molar-refractivity contribution in [2.24, 2.45) is 0 Å². The molecular weight excluding hydrogens is 1020 g/mol. The zero-order valence-corrected chi connectivity index (χ0v) is 56.2. The van der Waals surface area contributed by atoms with Crippen LogP contribution < -0.4 is 0 Å². The molecule has 0 aliphatic rings. The molecular formula is C77H144O6. The fraction of sp³-hybridized carbons (Fsp3) is 0.883. The number of hydrogen-bond donors (Lipinski definition) is 0.